The summed E-state index contributed by atoms with van der Waals surface area (Å²) in [7, 11) is 0. The van der Waals surface area contributed by atoms with Crippen molar-refractivity contribution in [2.75, 3.05) is 6.54 Å². The van der Waals surface area contributed by atoms with Gasteiger partial charge in [-0.1, -0.05) is 24.3 Å². The van der Waals surface area contributed by atoms with Crippen LogP contribution in [-0.4, -0.2) is 11.5 Å². The number of thiazole rings is 1. The molecule has 2 nitrogen and oxygen atoms in total. The number of aryl methyl sites for hydroxylation is 1. The van der Waals surface area contributed by atoms with Crippen LogP contribution in [0.5, 0.6) is 0 Å². The van der Waals surface area contributed by atoms with Crippen molar-refractivity contribution in [3.8, 4) is 0 Å². The highest BCUT2D eigenvalue weighted by atomic mass is 32.1. The van der Waals surface area contributed by atoms with Crippen LogP contribution in [0.15, 0.2) is 29.6 Å². The fraction of sp³-hybridized carbons (Fsp3) is 0.357. The van der Waals surface area contributed by atoms with E-state index in [1.807, 2.05) is 6.92 Å². The van der Waals surface area contributed by atoms with Crippen LogP contribution in [0.2, 0.25) is 0 Å². The summed E-state index contributed by atoms with van der Waals surface area (Å²) in [5.74, 6) is 0.701. The van der Waals surface area contributed by atoms with E-state index in [1.165, 1.54) is 22.6 Å². The Balaban J connectivity index is 1.51. The monoisotopic (exact) mass is 244 g/mol. The van der Waals surface area contributed by atoms with Crippen LogP contribution in [0.1, 0.15) is 27.7 Å². The van der Waals surface area contributed by atoms with E-state index in [9.17, 15) is 0 Å². The Morgan fingerprint density at radius 3 is 3.06 bits per heavy atom. The minimum Gasteiger partial charge on any atom is -0.310 e. The summed E-state index contributed by atoms with van der Waals surface area (Å²) in [4.78, 5) is 4.45. The molecular weight excluding hydrogens is 228 g/mol. The second-order valence-electron chi connectivity index (χ2n) is 4.61. The van der Waals surface area contributed by atoms with E-state index < -0.39 is 0 Å². The smallest absolute Gasteiger partial charge is 0.107 e. The number of fused-ring (bicyclic) bond motifs is 1. The molecule has 1 aromatic carbocycles. The van der Waals surface area contributed by atoms with E-state index in [2.05, 4.69) is 39.9 Å². The van der Waals surface area contributed by atoms with E-state index in [0.29, 0.717) is 5.92 Å². The number of rotatable bonds is 4. The van der Waals surface area contributed by atoms with Crippen LogP contribution < -0.4 is 5.32 Å². The van der Waals surface area contributed by atoms with Crippen LogP contribution in [-0.2, 0) is 13.0 Å². The molecule has 1 heterocycles. The van der Waals surface area contributed by atoms with Crippen molar-refractivity contribution in [1.29, 1.82) is 0 Å². The maximum atomic E-state index is 4.45. The number of hydrogen-bond donors (Lipinski definition) is 1. The summed E-state index contributed by atoms with van der Waals surface area (Å²) in [5.41, 5.74) is 4.17. The van der Waals surface area contributed by atoms with Crippen molar-refractivity contribution in [2.24, 2.45) is 0 Å². The molecule has 0 amide bonds. The summed E-state index contributed by atoms with van der Waals surface area (Å²) in [6.07, 6.45) is 1.22. The molecule has 1 aromatic heterocycles. The van der Waals surface area contributed by atoms with Gasteiger partial charge >= 0.3 is 0 Å². The van der Waals surface area contributed by atoms with E-state index in [0.717, 1.165) is 18.8 Å². The second kappa shape index (κ2) is 4.59. The molecule has 0 fully saturated rings. The lowest BCUT2D eigenvalue weighted by Crippen LogP contribution is -2.28. The average molecular weight is 244 g/mol. The van der Waals surface area contributed by atoms with E-state index in [-0.39, 0.29) is 0 Å². The molecule has 0 bridgehead atoms. The Morgan fingerprint density at radius 2 is 2.29 bits per heavy atom. The van der Waals surface area contributed by atoms with E-state index in [1.54, 1.807) is 11.3 Å². The average Bonchev–Trinajstić information content (AvgIpc) is 2.71. The number of nitrogens with one attached hydrogen (secondary N) is 1. The summed E-state index contributed by atoms with van der Waals surface area (Å²) in [6, 6.07) is 8.74. The highest BCUT2D eigenvalue weighted by molar-refractivity contribution is 7.09. The Hall–Kier alpha value is -1.19. The predicted molar refractivity (Wildman–Crippen MR) is 71.4 cm³/mol. The molecule has 0 spiro atoms. The highest BCUT2D eigenvalue weighted by Crippen LogP contribution is 2.33. The quantitative estimate of drug-likeness (QED) is 0.894. The molecule has 1 atom stereocenters. The first kappa shape index (κ1) is 10.9. The molecule has 1 aliphatic rings. The van der Waals surface area contributed by atoms with Gasteiger partial charge in [0.15, 0.2) is 0 Å². The van der Waals surface area contributed by atoms with Crippen LogP contribution in [0.3, 0.4) is 0 Å². The molecule has 88 valence electrons. The lowest BCUT2D eigenvalue weighted by atomic mass is 9.78. The lowest BCUT2D eigenvalue weighted by molar-refractivity contribution is 0.535. The topological polar surface area (TPSA) is 24.9 Å². The van der Waals surface area contributed by atoms with Crippen LogP contribution in [0.4, 0.5) is 0 Å². The lowest BCUT2D eigenvalue weighted by Gasteiger charge is -2.30. The fourth-order valence-electron chi connectivity index (χ4n) is 2.38. The molecule has 1 aliphatic carbocycles. The van der Waals surface area contributed by atoms with Gasteiger partial charge in [0, 0.05) is 30.1 Å². The van der Waals surface area contributed by atoms with Gasteiger partial charge in [-0.05, 0) is 24.5 Å². The third kappa shape index (κ3) is 2.26. The number of hydrogen-bond acceptors (Lipinski definition) is 3. The standard InChI is InChI=1S/C14H16N2S/c1-10-9-17-14(16-10)8-15-7-12-6-11-4-2-3-5-13(11)12/h2-5,9,12,15H,6-8H2,1H3. The molecule has 17 heavy (non-hydrogen) atoms. The minimum absolute atomic E-state index is 0.701. The van der Waals surface area contributed by atoms with E-state index in [4.69, 9.17) is 0 Å². The van der Waals surface area contributed by atoms with Crippen LogP contribution >= 0.6 is 11.3 Å². The maximum absolute atomic E-state index is 4.45. The second-order valence-corrected chi connectivity index (χ2v) is 5.56. The van der Waals surface area contributed by atoms with Crippen molar-refractivity contribution in [1.82, 2.24) is 10.3 Å². The number of aromatic nitrogens is 1. The molecule has 0 saturated carbocycles. The number of nitrogens with zero attached hydrogens (tertiary/aromatic N) is 1. The fourth-order valence-corrected chi connectivity index (χ4v) is 3.12. The molecule has 0 radical (unpaired) electrons. The summed E-state index contributed by atoms with van der Waals surface area (Å²) in [6.45, 7) is 4.01. The molecule has 2 aromatic rings. The highest BCUT2D eigenvalue weighted by Gasteiger charge is 2.24. The predicted octanol–water partition coefficient (Wildman–Crippen LogP) is 2.88. The largest absolute Gasteiger partial charge is 0.310 e. The summed E-state index contributed by atoms with van der Waals surface area (Å²) in [5, 5.41) is 6.80. The molecule has 3 heteroatoms. The Bertz CT molecular complexity index is 518. The minimum atomic E-state index is 0.701. The van der Waals surface area contributed by atoms with Gasteiger partial charge in [0.05, 0.1) is 0 Å². The number of benzene rings is 1. The molecule has 3 rings (SSSR count). The van der Waals surface area contributed by atoms with Crippen molar-refractivity contribution in [3.63, 3.8) is 0 Å². The third-order valence-electron chi connectivity index (χ3n) is 3.29. The van der Waals surface area contributed by atoms with Gasteiger partial charge in [0.25, 0.3) is 0 Å². The third-order valence-corrected chi connectivity index (χ3v) is 4.26. The van der Waals surface area contributed by atoms with Crippen molar-refractivity contribution >= 4 is 11.3 Å². The van der Waals surface area contributed by atoms with Gasteiger partial charge in [-0.15, -0.1) is 11.3 Å². The molecule has 1 unspecified atom stereocenters. The van der Waals surface area contributed by atoms with Gasteiger partial charge in [-0.25, -0.2) is 4.98 Å². The summed E-state index contributed by atoms with van der Waals surface area (Å²) < 4.78 is 0. The van der Waals surface area contributed by atoms with Crippen LogP contribution in [0.25, 0.3) is 0 Å². The Labute approximate surface area is 106 Å². The summed E-state index contributed by atoms with van der Waals surface area (Å²) >= 11 is 1.74. The van der Waals surface area contributed by atoms with Crippen molar-refractivity contribution in [3.05, 3.63) is 51.5 Å². The first-order valence-electron chi connectivity index (χ1n) is 6.02. The van der Waals surface area contributed by atoms with Gasteiger partial charge in [0.2, 0.25) is 0 Å². The maximum Gasteiger partial charge on any atom is 0.107 e. The molecule has 1 N–H and O–H groups in total. The van der Waals surface area contributed by atoms with Gasteiger partial charge < -0.3 is 5.32 Å². The van der Waals surface area contributed by atoms with Gasteiger partial charge in [-0.3, -0.25) is 0 Å². The molecular formula is C14H16N2S. The Kier molecular flexibility index (Phi) is 2.95. The van der Waals surface area contributed by atoms with E-state index >= 15 is 0 Å². The first-order chi connectivity index (χ1) is 8.33. The first-order valence-corrected chi connectivity index (χ1v) is 6.90. The SMILES string of the molecule is Cc1csc(CNCC2Cc3ccccc32)n1. The molecule has 0 aliphatic heterocycles. The van der Waals surface area contributed by atoms with Gasteiger partial charge in [0.1, 0.15) is 5.01 Å². The van der Waals surface area contributed by atoms with Crippen molar-refractivity contribution < 1.29 is 0 Å². The van der Waals surface area contributed by atoms with Crippen LogP contribution in [0, 0.1) is 6.92 Å². The normalized spacial score (nSPS) is 17.6. The van der Waals surface area contributed by atoms with Crippen molar-refractivity contribution in [2.45, 2.75) is 25.8 Å². The zero-order valence-corrected chi connectivity index (χ0v) is 10.8. The van der Waals surface area contributed by atoms with Gasteiger partial charge in [-0.2, -0.15) is 0 Å². The molecule has 0 saturated heterocycles. The Morgan fingerprint density at radius 1 is 1.41 bits per heavy atom. The zero-order chi connectivity index (χ0) is 11.7. The zero-order valence-electron chi connectivity index (χ0n) is 9.94.